The highest BCUT2D eigenvalue weighted by Gasteiger charge is 2.34. The molecule has 1 N–H and O–H groups in total. The summed E-state index contributed by atoms with van der Waals surface area (Å²) >= 11 is 0. The van der Waals surface area contributed by atoms with Gasteiger partial charge in [-0.2, -0.15) is 0 Å². The average molecular weight is 321 g/mol. The zero-order chi connectivity index (χ0) is 16.2. The van der Waals surface area contributed by atoms with Gasteiger partial charge in [0.1, 0.15) is 0 Å². The van der Waals surface area contributed by atoms with Crippen LogP contribution in [0.2, 0.25) is 0 Å². The van der Waals surface area contributed by atoms with E-state index in [1.807, 2.05) is 7.05 Å². The average Bonchev–Trinajstić information content (AvgIpc) is 3.29. The van der Waals surface area contributed by atoms with Crippen LogP contribution in [0.3, 0.4) is 0 Å². The predicted octanol–water partition coefficient (Wildman–Crippen LogP) is 2.80. The molecule has 3 aliphatic rings. The summed E-state index contributed by atoms with van der Waals surface area (Å²) in [4.78, 5) is 9.57. The highest BCUT2D eigenvalue weighted by Crippen LogP contribution is 2.31. The summed E-state index contributed by atoms with van der Waals surface area (Å²) in [5, 5.41) is 3.64. The van der Waals surface area contributed by atoms with Crippen LogP contribution in [-0.2, 0) is 0 Å². The van der Waals surface area contributed by atoms with Crippen molar-refractivity contribution in [1.82, 2.24) is 15.1 Å². The van der Waals surface area contributed by atoms with Gasteiger partial charge in [-0.25, -0.2) is 0 Å². The normalized spacial score (nSPS) is 33.0. The molecule has 0 aromatic heterocycles. The summed E-state index contributed by atoms with van der Waals surface area (Å²) in [6, 6.07) is 0.927. The lowest BCUT2D eigenvalue weighted by Crippen LogP contribution is -2.43. The molecule has 23 heavy (non-hydrogen) atoms. The van der Waals surface area contributed by atoms with Gasteiger partial charge in [0, 0.05) is 39.8 Å². The Hall–Kier alpha value is -0.770. The van der Waals surface area contributed by atoms with Gasteiger partial charge in [-0.3, -0.25) is 4.99 Å². The van der Waals surface area contributed by atoms with Crippen molar-refractivity contribution >= 4 is 5.96 Å². The molecule has 4 heteroatoms. The van der Waals surface area contributed by atoms with Crippen LogP contribution in [-0.4, -0.2) is 62.1 Å². The van der Waals surface area contributed by atoms with Gasteiger partial charge in [-0.1, -0.05) is 19.8 Å². The number of rotatable bonds is 5. The third kappa shape index (κ3) is 4.85. The molecule has 1 unspecified atom stereocenters. The van der Waals surface area contributed by atoms with Crippen molar-refractivity contribution in [2.75, 3.05) is 40.3 Å². The first-order valence-corrected chi connectivity index (χ1v) is 9.81. The number of nitrogens with one attached hydrogen (secondary N) is 1. The molecule has 0 amide bonds. The van der Waals surface area contributed by atoms with Crippen LogP contribution < -0.4 is 5.32 Å². The summed E-state index contributed by atoms with van der Waals surface area (Å²) in [5.41, 5.74) is 0. The van der Waals surface area contributed by atoms with Crippen molar-refractivity contribution in [3.8, 4) is 0 Å². The number of hydrogen-bond acceptors (Lipinski definition) is 2. The molecule has 3 rings (SSSR count). The zero-order valence-electron chi connectivity index (χ0n) is 15.4. The van der Waals surface area contributed by atoms with E-state index in [0.717, 1.165) is 42.8 Å². The van der Waals surface area contributed by atoms with Crippen LogP contribution in [0.15, 0.2) is 4.99 Å². The topological polar surface area (TPSA) is 30.9 Å². The van der Waals surface area contributed by atoms with E-state index in [9.17, 15) is 0 Å². The molecule has 1 aliphatic heterocycles. The molecule has 2 aliphatic carbocycles. The van der Waals surface area contributed by atoms with Crippen LogP contribution in [0.25, 0.3) is 0 Å². The summed E-state index contributed by atoms with van der Waals surface area (Å²) in [5.74, 6) is 3.68. The molecule has 1 atom stereocenters. The van der Waals surface area contributed by atoms with E-state index in [4.69, 9.17) is 0 Å². The van der Waals surface area contributed by atoms with E-state index < -0.39 is 0 Å². The van der Waals surface area contributed by atoms with Crippen molar-refractivity contribution in [3.05, 3.63) is 0 Å². The monoisotopic (exact) mass is 320 g/mol. The fourth-order valence-corrected chi connectivity index (χ4v) is 4.41. The van der Waals surface area contributed by atoms with Gasteiger partial charge in [-0.05, 0) is 56.4 Å². The molecule has 0 aromatic rings. The number of guanidine groups is 1. The lowest BCUT2D eigenvalue weighted by molar-refractivity contribution is 0.249. The fraction of sp³-hybridized carbons (Fsp3) is 0.947. The van der Waals surface area contributed by atoms with Gasteiger partial charge in [-0.15, -0.1) is 0 Å². The van der Waals surface area contributed by atoms with Gasteiger partial charge in [0.05, 0.1) is 0 Å². The number of likely N-dealkylation sites (tertiary alicyclic amines) is 1. The molecule has 0 bridgehead atoms. The smallest absolute Gasteiger partial charge is 0.193 e. The van der Waals surface area contributed by atoms with Gasteiger partial charge in [0.25, 0.3) is 0 Å². The summed E-state index contributed by atoms with van der Waals surface area (Å²) in [7, 11) is 4.13. The van der Waals surface area contributed by atoms with Crippen LogP contribution >= 0.6 is 0 Å². The van der Waals surface area contributed by atoms with E-state index in [-0.39, 0.29) is 0 Å². The second-order valence-electron chi connectivity index (χ2n) is 8.32. The predicted molar refractivity (Wildman–Crippen MR) is 97.8 cm³/mol. The maximum absolute atomic E-state index is 4.51. The third-order valence-electron chi connectivity index (χ3n) is 6.17. The maximum atomic E-state index is 4.51. The van der Waals surface area contributed by atoms with Crippen molar-refractivity contribution in [3.63, 3.8) is 0 Å². The van der Waals surface area contributed by atoms with E-state index in [1.165, 1.54) is 58.0 Å². The van der Waals surface area contributed by atoms with Crippen LogP contribution in [0.5, 0.6) is 0 Å². The Morgan fingerprint density at radius 1 is 1.09 bits per heavy atom. The molecule has 1 heterocycles. The molecule has 0 aromatic carbocycles. The second kappa shape index (κ2) is 7.87. The lowest BCUT2D eigenvalue weighted by Gasteiger charge is -2.31. The van der Waals surface area contributed by atoms with Crippen molar-refractivity contribution in [1.29, 1.82) is 0 Å². The number of aliphatic imine (C=N–C) groups is 1. The first kappa shape index (κ1) is 17.1. The van der Waals surface area contributed by atoms with E-state index in [0.29, 0.717) is 0 Å². The van der Waals surface area contributed by atoms with E-state index in [2.05, 4.69) is 34.1 Å². The number of nitrogens with zero attached hydrogens (tertiary/aromatic N) is 3. The van der Waals surface area contributed by atoms with Crippen molar-refractivity contribution in [2.24, 2.45) is 22.7 Å². The van der Waals surface area contributed by atoms with Crippen LogP contribution in [0.4, 0.5) is 0 Å². The molecule has 4 nitrogen and oxygen atoms in total. The number of hydrogen-bond donors (Lipinski definition) is 1. The largest absolute Gasteiger partial charge is 0.356 e. The molecule has 2 saturated carbocycles. The minimum absolute atomic E-state index is 0.802. The minimum atomic E-state index is 0.802. The second-order valence-corrected chi connectivity index (χ2v) is 8.32. The molecular weight excluding hydrogens is 284 g/mol. The van der Waals surface area contributed by atoms with Crippen LogP contribution in [0, 0.1) is 17.8 Å². The van der Waals surface area contributed by atoms with Gasteiger partial charge in [0.2, 0.25) is 0 Å². The lowest BCUT2D eigenvalue weighted by atomic mass is 9.83. The fourth-order valence-electron chi connectivity index (χ4n) is 4.41. The first-order valence-electron chi connectivity index (χ1n) is 9.81. The molecule has 1 saturated heterocycles. The van der Waals surface area contributed by atoms with E-state index >= 15 is 0 Å². The summed E-state index contributed by atoms with van der Waals surface area (Å²) < 4.78 is 0. The quantitative estimate of drug-likeness (QED) is 0.624. The van der Waals surface area contributed by atoms with Gasteiger partial charge < -0.3 is 15.1 Å². The molecule has 0 spiro atoms. The highest BCUT2D eigenvalue weighted by atomic mass is 15.3. The Morgan fingerprint density at radius 2 is 1.83 bits per heavy atom. The standard InChI is InChI=1S/C19H36N4/c1-15-4-6-16(7-5-15)13-22(3)19(20-2)21-12-17-10-11-23(14-17)18-8-9-18/h15-18H,4-14H2,1-3H3,(H,20,21). The third-order valence-corrected chi connectivity index (χ3v) is 6.17. The van der Waals surface area contributed by atoms with Gasteiger partial charge >= 0.3 is 0 Å². The Bertz CT molecular complexity index is 396. The van der Waals surface area contributed by atoms with E-state index in [1.54, 1.807) is 0 Å². The zero-order valence-corrected chi connectivity index (χ0v) is 15.4. The Kier molecular flexibility index (Phi) is 5.84. The molecule has 3 fully saturated rings. The Balaban J connectivity index is 1.38. The van der Waals surface area contributed by atoms with Gasteiger partial charge in [0.15, 0.2) is 5.96 Å². The summed E-state index contributed by atoms with van der Waals surface area (Å²) in [6.45, 7) is 7.24. The van der Waals surface area contributed by atoms with Crippen molar-refractivity contribution < 1.29 is 0 Å². The molecule has 132 valence electrons. The SMILES string of the molecule is CN=C(NCC1CCN(C2CC2)C1)N(C)CC1CCC(C)CC1. The first-order chi connectivity index (χ1) is 11.2. The minimum Gasteiger partial charge on any atom is -0.356 e. The Morgan fingerprint density at radius 3 is 2.48 bits per heavy atom. The summed E-state index contributed by atoms with van der Waals surface area (Å²) in [6.07, 6.45) is 9.82. The molecular formula is C19H36N4. The molecule has 0 radical (unpaired) electrons. The van der Waals surface area contributed by atoms with Crippen molar-refractivity contribution in [2.45, 2.75) is 57.9 Å². The highest BCUT2D eigenvalue weighted by molar-refractivity contribution is 5.79. The Labute approximate surface area is 142 Å². The maximum Gasteiger partial charge on any atom is 0.193 e. The van der Waals surface area contributed by atoms with Crippen LogP contribution in [0.1, 0.15) is 51.9 Å².